The van der Waals surface area contributed by atoms with Crippen molar-refractivity contribution < 1.29 is 31.9 Å². The molecular weight excluding hydrogens is 569 g/mol. The van der Waals surface area contributed by atoms with Crippen LogP contribution in [0.1, 0.15) is 29.9 Å². The van der Waals surface area contributed by atoms with E-state index in [1.807, 2.05) is 24.3 Å². The van der Waals surface area contributed by atoms with Crippen LogP contribution >= 0.6 is 0 Å². The predicted octanol–water partition coefficient (Wildman–Crippen LogP) is 5.93. The van der Waals surface area contributed by atoms with E-state index in [-0.39, 0.29) is 23.1 Å². The number of rotatable bonds is 6. The summed E-state index contributed by atoms with van der Waals surface area (Å²) in [6.45, 7) is 3.91. The molecule has 2 aliphatic rings. The number of benzene rings is 3. The Hall–Kier alpha value is -4.09. The van der Waals surface area contributed by atoms with E-state index in [2.05, 4.69) is 22.3 Å². The van der Waals surface area contributed by atoms with Gasteiger partial charge in [-0.15, -0.1) is 0 Å². The SMILES string of the molecule is O=C(O)C(F)(F)F.O=c1ccc2ccc(F)c3c2n1CC3CN1CCC(NCc2cccc(-c3ccccc3F)c2)CC1. The van der Waals surface area contributed by atoms with Crippen LogP contribution in [0.3, 0.4) is 0 Å². The van der Waals surface area contributed by atoms with E-state index in [1.165, 1.54) is 12.1 Å². The molecule has 11 heteroatoms. The molecule has 0 saturated carbocycles. The third kappa shape index (κ3) is 6.94. The minimum atomic E-state index is -5.08. The molecule has 6 nitrogen and oxygen atoms in total. The fourth-order valence-corrected chi connectivity index (χ4v) is 5.87. The van der Waals surface area contributed by atoms with Gasteiger partial charge in [0.15, 0.2) is 0 Å². The smallest absolute Gasteiger partial charge is 0.475 e. The molecule has 1 unspecified atom stereocenters. The van der Waals surface area contributed by atoms with Gasteiger partial charge < -0.3 is 19.9 Å². The normalized spacial score (nSPS) is 17.1. The van der Waals surface area contributed by atoms with E-state index in [1.54, 1.807) is 28.8 Å². The second kappa shape index (κ2) is 12.6. The van der Waals surface area contributed by atoms with Crippen LogP contribution in [0.25, 0.3) is 22.0 Å². The van der Waals surface area contributed by atoms with Crippen molar-refractivity contribution in [1.82, 2.24) is 14.8 Å². The minimum absolute atomic E-state index is 0.00516. The maximum Gasteiger partial charge on any atom is 0.490 e. The zero-order valence-electron chi connectivity index (χ0n) is 23.1. The average molecular weight is 600 g/mol. The van der Waals surface area contributed by atoms with Crippen LogP contribution < -0.4 is 10.9 Å². The summed E-state index contributed by atoms with van der Waals surface area (Å²) in [5, 5.41) is 11.7. The number of carboxylic acid groups (broad SMARTS) is 1. The summed E-state index contributed by atoms with van der Waals surface area (Å²) in [6.07, 6.45) is -3.06. The number of halogens is 5. The van der Waals surface area contributed by atoms with Gasteiger partial charge in [-0.2, -0.15) is 13.2 Å². The van der Waals surface area contributed by atoms with Gasteiger partial charge in [-0.1, -0.05) is 36.4 Å². The Morgan fingerprint density at radius 3 is 2.33 bits per heavy atom. The molecule has 0 bridgehead atoms. The molecule has 0 spiro atoms. The second-order valence-electron chi connectivity index (χ2n) is 10.8. The van der Waals surface area contributed by atoms with Gasteiger partial charge in [0, 0.05) is 48.8 Å². The number of nitrogens with one attached hydrogen (secondary N) is 1. The highest BCUT2D eigenvalue weighted by Crippen LogP contribution is 2.35. The zero-order chi connectivity index (χ0) is 30.7. The van der Waals surface area contributed by atoms with Gasteiger partial charge in [0.1, 0.15) is 11.6 Å². The van der Waals surface area contributed by atoms with Crippen molar-refractivity contribution in [2.24, 2.45) is 0 Å². The summed E-state index contributed by atoms with van der Waals surface area (Å²) in [5.41, 5.74) is 4.05. The number of pyridine rings is 1. The Morgan fingerprint density at radius 2 is 1.63 bits per heavy atom. The molecule has 0 radical (unpaired) electrons. The molecule has 1 aromatic heterocycles. The van der Waals surface area contributed by atoms with Crippen molar-refractivity contribution in [2.75, 3.05) is 19.6 Å². The molecule has 2 aliphatic heterocycles. The van der Waals surface area contributed by atoms with Gasteiger partial charge >= 0.3 is 12.1 Å². The summed E-state index contributed by atoms with van der Waals surface area (Å²) in [5.74, 6) is -3.18. The van der Waals surface area contributed by atoms with Crippen LogP contribution in [0.15, 0.2) is 77.6 Å². The Bertz CT molecular complexity index is 1680. The van der Waals surface area contributed by atoms with Crippen LogP contribution in [0.4, 0.5) is 22.0 Å². The van der Waals surface area contributed by atoms with Crippen molar-refractivity contribution in [3.05, 3.63) is 106 Å². The first-order chi connectivity index (χ1) is 20.5. The maximum absolute atomic E-state index is 14.8. The minimum Gasteiger partial charge on any atom is -0.475 e. The van der Waals surface area contributed by atoms with Gasteiger partial charge in [0.2, 0.25) is 0 Å². The number of hydrogen-bond donors (Lipinski definition) is 2. The molecule has 0 amide bonds. The van der Waals surface area contributed by atoms with E-state index < -0.39 is 12.1 Å². The third-order valence-electron chi connectivity index (χ3n) is 7.96. The predicted molar refractivity (Wildman–Crippen MR) is 153 cm³/mol. The van der Waals surface area contributed by atoms with Crippen LogP contribution in [0, 0.1) is 11.6 Å². The first-order valence-electron chi connectivity index (χ1n) is 13.9. The lowest BCUT2D eigenvalue weighted by molar-refractivity contribution is -0.192. The van der Waals surface area contributed by atoms with Gasteiger partial charge in [-0.25, -0.2) is 13.6 Å². The van der Waals surface area contributed by atoms with E-state index in [0.29, 0.717) is 23.7 Å². The monoisotopic (exact) mass is 599 g/mol. The molecule has 6 rings (SSSR count). The van der Waals surface area contributed by atoms with E-state index in [0.717, 1.165) is 61.1 Å². The van der Waals surface area contributed by atoms with Crippen LogP contribution in [-0.2, 0) is 17.9 Å². The van der Waals surface area contributed by atoms with Gasteiger partial charge in [0.25, 0.3) is 5.56 Å². The average Bonchev–Trinajstić information content (AvgIpc) is 3.37. The summed E-state index contributed by atoms with van der Waals surface area (Å²) >= 11 is 0. The molecule has 226 valence electrons. The number of likely N-dealkylation sites (tertiary alicyclic amines) is 1. The standard InChI is InChI=1S/C30H29F2N3O.C2HF3O2/c31-26-7-2-1-6-25(26)22-5-3-4-20(16-22)17-33-24-12-14-34(15-13-24)18-23-19-35-28(36)11-9-21-8-10-27(32)29(23)30(21)35;3-2(4,5)1(6)7/h1-11,16,23-24,33H,12-15,17-19H2;(H,6,7). The van der Waals surface area contributed by atoms with Gasteiger partial charge in [0.05, 0.1) is 5.52 Å². The third-order valence-corrected chi connectivity index (χ3v) is 7.96. The quantitative estimate of drug-likeness (QED) is 0.269. The number of hydrogen-bond acceptors (Lipinski definition) is 4. The number of piperidine rings is 1. The Kier molecular flexibility index (Phi) is 8.93. The molecule has 43 heavy (non-hydrogen) atoms. The number of aromatic nitrogens is 1. The number of carboxylic acids is 1. The van der Waals surface area contributed by atoms with E-state index in [9.17, 15) is 26.7 Å². The molecule has 3 aromatic carbocycles. The topological polar surface area (TPSA) is 74.6 Å². The molecule has 1 fully saturated rings. The highest BCUT2D eigenvalue weighted by atomic mass is 19.4. The molecule has 1 saturated heterocycles. The van der Waals surface area contributed by atoms with Crippen LogP contribution in [-0.4, -0.2) is 52.4 Å². The summed E-state index contributed by atoms with van der Waals surface area (Å²) in [6, 6.07) is 22.0. The van der Waals surface area contributed by atoms with Crippen LogP contribution in [0.5, 0.6) is 0 Å². The van der Waals surface area contributed by atoms with Crippen molar-refractivity contribution in [2.45, 2.75) is 44.1 Å². The summed E-state index contributed by atoms with van der Waals surface area (Å²) < 4.78 is 62.5. The molecule has 1 atom stereocenters. The van der Waals surface area contributed by atoms with Crippen LogP contribution in [0.2, 0.25) is 0 Å². The molecule has 0 aliphatic carbocycles. The Balaban J connectivity index is 0.000000472. The molecule has 4 aromatic rings. The largest absolute Gasteiger partial charge is 0.490 e. The maximum atomic E-state index is 14.8. The van der Waals surface area contributed by atoms with Gasteiger partial charge in [-0.05, 0) is 72.8 Å². The summed E-state index contributed by atoms with van der Waals surface area (Å²) in [7, 11) is 0. The number of alkyl halides is 3. The lowest BCUT2D eigenvalue weighted by atomic mass is 9.96. The fraction of sp³-hybridized carbons (Fsp3) is 0.312. The highest BCUT2D eigenvalue weighted by molar-refractivity contribution is 5.84. The fourth-order valence-electron chi connectivity index (χ4n) is 5.87. The van der Waals surface area contributed by atoms with Gasteiger partial charge in [-0.3, -0.25) is 4.79 Å². The number of nitrogens with zero attached hydrogens (tertiary/aromatic N) is 2. The summed E-state index contributed by atoms with van der Waals surface area (Å²) in [4.78, 5) is 23.7. The molecule has 3 heterocycles. The van der Waals surface area contributed by atoms with E-state index in [4.69, 9.17) is 9.90 Å². The zero-order valence-corrected chi connectivity index (χ0v) is 23.1. The first kappa shape index (κ1) is 30.4. The molecule has 2 N–H and O–H groups in total. The Morgan fingerprint density at radius 1 is 0.930 bits per heavy atom. The lowest BCUT2D eigenvalue weighted by Crippen LogP contribution is -2.43. The van der Waals surface area contributed by atoms with Crippen molar-refractivity contribution >= 4 is 16.9 Å². The van der Waals surface area contributed by atoms with Crippen molar-refractivity contribution in [1.29, 1.82) is 0 Å². The van der Waals surface area contributed by atoms with E-state index >= 15 is 0 Å². The van der Waals surface area contributed by atoms with Crippen molar-refractivity contribution in [3.63, 3.8) is 0 Å². The lowest BCUT2D eigenvalue weighted by Gasteiger charge is -2.34. The second-order valence-corrected chi connectivity index (χ2v) is 10.8. The Labute approximate surface area is 244 Å². The highest BCUT2D eigenvalue weighted by Gasteiger charge is 2.38. The first-order valence-corrected chi connectivity index (χ1v) is 13.9. The molecular formula is C32H30F5N3O3. The number of carbonyl (C=O) groups is 1. The number of aliphatic carboxylic acids is 1. The van der Waals surface area contributed by atoms with Crippen molar-refractivity contribution in [3.8, 4) is 11.1 Å².